The minimum absolute atomic E-state index is 0.341. The Kier molecular flexibility index (Phi) is 3.70. The fraction of sp³-hybridized carbons (Fsp3) is 0.211. The van der Waals surface area contributed by atoms with E-state index in [4.69, 9.17) is 14.9 Å². The Bertz CT molecular complexity index is 925. The summed E-state index contributed by atoms with van der Waals surface area (Å²) in [6, 6.07) is 15.1. The highest BCUT2D eigenvalue weighted by Gasteiger charge is 2.13. The maximum atomic E-state index is 12.4. The molecule has 0 spiro atoms. The Hall–Kier alpha value is -2.79. The van der Waals surface area contributed by atoms with E-state index < -0.39 is 0 Å². The molecule has 5 nitrogen and oxygen atoms in total. The first-order valence-electron chi connectivity index (χ1n) is 7.97. The van der Waals surface area contributed by atoms with Crippen LogP contribution in [-0.2, 0) is 4.74 Å². The van der Waals surface area contributed by atoms with Crippen LogP contribution in [0.25, 0.3) is 22.1 Å². The number of hydrogen-bond acceptors (Lipinski definition) is 5. The predicted molar refractivity (Wildman–Crippen MR) is 95.4 cm³/mol. The molecule has 0 bridgehead atoms. The number of nitrogen functional groups attached to an aromatic ring is 1. The summed E-state index contributed by atoms with van der Waals surface area (Å²) in [6.07, 6.45) is 0. The van der Waals surface area contributed by atoms with E-state index >= 15 is 0 Å². The number of fused-ring (bicyclic) bond motifs is 1. The second-order valence-corrected chi connectivity index (χ2v) is 5.89. The third-order valence-electron chi connectivity index (χ3n) is 4.32. The van der Waals surface area contributed by atoms with E-state index in [-0.39, 0.29) is 5.63 Å². The van der Waals surface area contributed by atoms with Crippen LogP contribution in [0.5, 0.6) is 0 Å². The van der Waals surface area contributed by atoms with E-state index in [9.17, 15) is 4.79 Å². The lowest BCUT2D eigenvalue weighted by Crippen LogP contribution is -2.36. The van der Waals surface area contributed by atoms with Gasteiger partial charge in [0.05, 0.1) is 18.8 Å². The zero-order chi connectivity index (χ0) is 16.5. The van der Waals surface area contributed by atoms with Gasteiger partial charge in [-0.05, 0) is 35.9 Å². The smallest absolute Gasteiger partial charge is 0.344 e. The van der Waals surface area contributed by atoms with Gasteiger partial charge in [0, 0.05) is 35.9 Å². The number of hydrogen-bond donors (Lipinski definition) is 1. The minimum Gasteiger partial charge on any atom is -0.422 e. The molecule has 3 aromatic rings. The van der Waals surface area contributed by atoms with Crippen molar-refractivity contribution in [1.82, 2.24) is 0 Å². The van der Waals surface area contributed by atoms with E-state index in [2.05, 4.69) is 11.0 Å². The van der Waals surface area contributed by atoms with Gasteiger partial charge in [-0.2, -0.15) is 0 Å². The van der Waals surface area contributed by atoms with Crippen LogP contribution in [-0.4, -0.2) is 26.3 Å². The monoisotopic (exact) mass is 322 g/mol. The number of morpholine rings is 1. The van der Waals surface area contributed by atoms with Crippen molar-refractivity contribution < 1.29 is 9.15 Å². The molecule has 0 atom stereocenters. The second-order valence-electron chi connectivity index (χ2n) is 5.89. The van der Waals surface area contributed by atoms with Crippen LogP contribution in [0.2, 0.25) is 0 Å². The number of ether oxygens (including phenoxy) is 1. The Morgan fingerprint density at radius 2 is 1.71 bits per heavy atom. The van der Waals surface area contributed by atoms with Gasteiger partial charge in [-0.3, -0.25) is 0 Å². The molecule has 0 aliphatic carbocycles. The van der Waals surface area contributed by atoms with E-state index in [1.165, 1.54) is 0 Å². The Labute approximate surface area is 139 Å². The van der Waals surface area contributed by atoms with Gasteiger partial charge in [-0.15, -0.1) is 0 Å². The number of nitrogens with two attached hydrogens (primary N) is 1. The molecule has 2 heterocycles. The van der Waals surface area contributed by atoms with Crippen LogP contribution in [0, 0.1) is 0 Å². The molecule has 1 fully saturated rings. The van der Waals surface area contributed by atoms with E-state index in [1.807, 2.05) is 30.3 Å². The van der Waals surface area contributed by atoms with E-state index in [0.717, 1.165) is 42.9 Å². The van der Waals surface area contributed by atoms with Crippen LogP contribution in [0.4, 0.5) is 11.4 Å². The predicted octanol–water partition coefficient (Wildman–Crippen LogP) is 2.88. The van der Waals surface area contributed by atoms with Crippen LogP contribution >= 0.6 is 0 Å². The van der Waals surface area contributed by atoms with Gasteiger partial charge in [0.25, 0.3) is 0 Å². The number of nitrogens with zero attached hydrogens (tertiary/aromatic N) is 1. The molecule has 1 saturated heterocycles. The van der Waals surface area contributed by atoms with Crippen molar-refractivity contribution in [2.24, 2.45) is 0 Å². The molecule has 122 valence electrons. The van der Waals surface area contributed by atoms with Gasteiger partial charge in [0.15, 0.2) is 0 Å². The first-order valence-corrected chi connectivity index (χ1v) is 7.97. The quantitative estimate of drug-likeness (QED) is 0.580. The average molecular weight is 322 g/mol. The lowest BCUT2D eigenvalue weighted by atomic mass is 10.1. The van der Waals surface area contributed by atoms with Gasteiger partial charge in [-0.1, -0.05) is 12.1 Å². The van der Waals surface area contributed by atoms with Gasteiger partial charge in [0.2, 0.25) is 0 Å². The average Bonchev–Trinajstić information content (AvgIpc) is 2.62. The Morgan fingerprint density at radius 3 is 2.46 bits per heavy atom. The summed E-state index contributed by atoms with van der Waals surface area (Å²) < 4.78 is 10.9. The molecule has 0 radical (unpaired) electrons. The third kappa shape index (κ3) is 2.74. The fourth-order valence-corrected chi connectivity index (χ4v) is 2.98. The van der Waals surface area contributed by atoms with Crippen LogP contribution in [0.1, 0.15) is 0 Å². The van der Waals surface area contributed by atoms with Gasteiger partial charge in [-0.25, -0.2) is 4.79 Å². The van der Waals surface area contributed by atoms with Crippen molar-refractivity contribution in [2.75, 3.05) is 36.9 Å². The number of benzene rings is 2. The maximum Gasteiger partial charge on any atom is 0.344 e. The summed E-state index contributed by atoms with van der Waals surface area (Å²) in [5, 5.41) is 0.901. The SMILES string of the molecule is Nc1ccc(-c2cc3ccc(N4CCOCC4)cc3oc2=O)cc1. The molecule has 1 aliphatic heterocycles. The fourth-order valence-electron chi connectivity index (χ4n) is 2.98. The van der Waals surface area contributed by atoms with Gasteiger partial charge >= 0.3 is 5.63 Å². The normalized spacial score (nSPS) is 14.9. The Balaban J connectivity index is 1.76. The highest BCUT2D eigenvalue weighted by molar-refractivity contribution is 5.84. The summed E-state index contributed by atoms with van der Waals surface area (Å²) in [6.45, 7) is 3.13. The topological polar surface area (TPSA) is 68.7 Å². The zero-order valence-corrected chi connectivity index (χ0v) is 13.2. The molecule has 1 aliphatic rings. The van der Waals surface area contributed by atoms with Gasteiger partial charge < -0.3 is 19.8 Å². The second kappa shape index (κ2) is 6.02. The lowest BCUT2D eigenvalue weighted by molar-refractivity contribution is 0.122. The summed E-state index contributed by atoms with van der Waals surface area (Å²) in [5.41, 5.74) is 9.03. The first-order chi connectivity index (χ1) is 11.7. The van der Waals surface area contributed by atoms with Crippen molar-refractivity contribution >= 4 is 22.3 Å². The highest BCUT2D eigenvalue weighted by atomic mass is 16.5. The minimum atomic E-state index is -0.341. The molecule has 2 N–H and O–H groups in total. The van der Waals surface area contributed by atoms with E-state index in [0.29, 0.717) is 16.8 Å². The summed E-state index contributed by atoms with van der Waals surface area (Å²) in [5.74, 6) is 0. The van der Waals surface area contributed by atoms with E-state index in [1.54, 1.807) is 12.1 Å². The zero-order valence-electron chi connectivity index (χ0n) is 13.2. The molecule has 1 aromatic heterocycles. The van der Waals surface area contributed by atoms with Crippen molar-refractivity contribution in [3.8, 4) is 11.1 Å². The van der Waals surface area contributed by atoms with Crippen molar-refractivity contribution in [3.63, 3.8) is 0 Å². The molecular formula is C19H18N2O3. The summed E-state index contributed by atoms with van der Waals surface area (Å²) in [4.78, 5) is 14.6. The standard InChI is InChI=1S/C19H18N2O3/c20-15-4-1-13(2-5-15)17-11-14-3-6-16(12-18(14)24-19(17)22)21-7-9-23-10-8-21/h1-6,11-12H,7-10,20H2. The first kappa shape index (κ1) is 14.8. The van der Waals surface area contributed by atoms with Crippen molar-refractivity contribution in [2.45, 2.75) is 0 Å². The van der Waals surface area contributed by atoms with Crippen LogP contribution < -0.4 is 16.3 Å². The molecular weight excluding hydrogens is 304 g/mol. The van der Waals surface area contributed by atoms with Gasteiger partial charge in [0.1, 0.15) is 5.58 Å². The highest BCUT2D eigenvalue weighted by Crippen LogP contribution is 2.26. The number of anilines is 2. The lowest BCUT2D eigenvalue weighted by Gasteiger charge is -2.28. The third-order valence-corrected chi connectivity index (χ3v) is 4.32. The molecule has 24 heavy (non-hydrogen) atoms. The van der Waals surface area contributed by atoms with Crippen molar-refractivity contribution in [3.05, 3.63) is 59.0 Å². The van der Waals surface area contributed by atoms with Crippen LogP contribution in [0.3, 0.4) is 0 Å². The molecule has 2 aromatic carbocycles. The molecule has 5 heteroatoms. The Morgan fingerprint density at radius 1 is 0.958 bits per heavy atom. The maximum absolute atomic E-state index is 12.4. The molecule has 4 rings (SSSR count). The molecule has 0 saturated carbocycles. The van der Waals surface area contributed by atoms with Crippen molar-refractivity contribution in [1.29, 1.82) is 0 Å². The largest absolute Gasteiger partial charge is 0.422 e. The summed E-state index contributed by atoms with van der Waals surface area (Å²) >= 11 is 0. The number of rotatable bonds is 2. The van der Waals surface area contributed by atoms with Crippen LogP contribution in [0.15, 0.2) is 57.7 Å². The molecule has 0 unspecified atom stereocenters. The molecule has 0 amide bonds. The summed E-state index contributed by atoms with van der Waals surface area (Å²) in [7, 11) is 0.